The number of sulfonamides is 1. The molecule has 0 aliphatic rings. The molecule has 10 heteroatoms. The van der Waals surface area contributed by atoms with Crippen LogP contribution < -0.4 is 14.6 Å². The van der Waals surface area contributed by atoms with Crippen molar-refractivity contribution in [2.45, 2.75) is 11.3 Å². The van der Waals surface area contributed by atoms with Crippen molar-refractivity contribution in [3.8, 4) is 11.5 Å². The lowest BCUT2D eigenvalue weighted by molar-refractivity contribution is -0.385. The third-order valence-electron chi connectivity index (χ3n) is 3.51. The van der Waals surface area contributed by atoms with E-state index in [4.69, 9.17) is 26.2 Å². The van der Waals surface area contributed by atoms with Crippen molar-refractivity contribution in [2.75, 3.05) is 14.2 Å². The summed E-state index contributed by atoms with van der Waals surface area (Å²) in [6, 6.07) is 6.59. The maximum absolute atomic E-state index is 11.8. The monoisotopic (exact) mass is 386 g/mol. The minimum Gasteiger partial charge on any atom is -0.495 e. The first-order valence-electron chi connectivity index (χ1n) is 6.88. The van der Waals surface area contributed by atoms with Crippen molar-refractivity contribution in [1.29, 1.82) is 0 Å². The van der Waals surface area contributed by atoms with Crippen LogP contribution in [-0.2, 0) is 16.4 Å². The number of nitro groups is 1. The molecule has 2 aromatic carbocycles. The largest absolute Gasteiger partial charge is 0.495 e. The minimum absolute atomic E-state index is 0.0142. The number of nitro benzene ring substituents is 1. The van der Waals surface area contributed by atoms with Crippen molar-refractivity contribution in [3.63, 3.8) is 0 Å². The Morgan fingerprint density at radius 1 is 1.16 bits per heavy atom. The van der Waals surface area contributed by atoms with Gasteiger partial charge in [-0.3, -0.25) is 10.1 Å². The molecule has 0 radical (unpaired) electrons. The first-order chi connectivity index (χ1) is 11.7. The second-order valence-electron chi connectivity index (χ2n) is 5.05. The van der Waals surface area contributed by atoms with Gasteiger partial charge in [0, 0.05) is 24.1 Å². The molecule has 0 amide bonds. The van der Waals surface area contributed by atoms with Crippen molar-refractivity contribution in [3.05, 3.63) is 56.6 Å². The molecule has 2 N–H and O–H groups in total. The van der Waals surface area contributed by atoms with Crippen LogP contribution in [0.2, 0.25) is 5.02 Å². The van der Waals surface area contributed by atoms with E-state index in [1.54, 1.807) is 12.1 Å². The topological polar surface area (TPSA) is 122 Å². The van der Waals surface area contributed by atoms with E-state index in [1.807, 2.05) is 0 Å². The zero-order chi connectivity index (χ0) is 18.8. The Morgan fingerprint density at radius 2 is 1.84 bits per heavy atom. The van der Waals surface area contributed by atoms with E-state index in [-0.39, 0.29) is 33.3 Å². The van der Waals surface area contributed by atoms with Crippen LogP contribution in [0.4, 0.5) is 5.69 Å². The Bertz CT molecular complexity index is 930. The molecule has 0 atom stereocenters. The number of hydrogen-bond donors (Lipinski definition) is 1. The third-order valence-corrected chi connectivity index (χ3v) is 4.88. The lowest BCUT2D eigenvalue weighted by Crippen LogP contribution is -2.15. The highest BCUT2D eigenvalue weighted by Crippen LogP contribution is 2.38. The predicted octanol–water partition coefficient (Wildman–Crippen LogP) is 2.50. The normalized spacial score (nSPS) is 11.2. The number of hydrogen-bond acceptors (Lipinski definition) is 6. The van der Waals surface area contributed by atoms with Gasteiger partial charge in [-0.05, 0) is 17.7 Å². The van der Waals surface area contributed by atoms with Gasteiger partial charge in [0.05, 0.1) is 24.0 Å². The molecule has 0 spiro atoms. The number of methoxy groups -OCH3 is 2. The zero-order valence-electron chi connectivity index (χ0n) is 13.4. The van der Waals surface area contributed by atoms with E-state index in [2.05, 4.69) is 0 Å². The molecule has 0 fully saturated rings. The summed E-state index contributed by atoms with van der Waals surface area (Å²) in [7, 11) is -1.21. The molecule has 0 aliphatic heterocycles. The van der Waals surface area contributed by atoms with Gasteiger partial charge >= 0.3 is 0 Å². The molecular weight excluding hydrogens is 372 g/mol. The fourth-order valence-corrected chi connectivity index (χ4v) is 3.49. The van der Waals surface area contributed by atoms with Gasteiger partial charge in [-0.2, -0.15) is 0 Å². The van der Waals surface area contributed by atoms with Crippen LogP contribution in [0.3, 0.4) is 0 Å². The summed E-state index contributed by atoms with van der Waals surface area (Å²) in [6.45, 7) is 0. The van der Waals surface area contributed by atoms with Crippen LogP contribution >= 0.6 is 11.6 Å². The molecule has 2 aromatic rings. The Labute approximate surface area is 149 Å². The second-order valence-corrected chi connectivity index (χ2v) is 6.95. The van der Waals surface area contributed by atoms with Crippen molar-refractivity contribution < 1.29 is 22.8 Å². The molecule has 0 aliphatic carbocycles. The molecule has 0 saturated carbocycles. The van der Waals surface area contributed by atoms with Gasteiger partial charge in [-0.25, -0.2) is 13.6 Å². The van der Waals surface area contributed by atoms with Gasteiger partial charge in [0.25, 0.3) is 5.69 Å². The molecule has 0 heterocycles. The number of ether oxygens (including phenoxy) is 2. The lowest BCUT2D eigenvalue weighted by atomic mass is 10.0. The summed E-state index contributed by atoms with van der Waals surface area (Å²) >= 11 is 6.19. The van der Waals surface area contributed by atoms with Crippen LogP contribution in [0.5, 0.6) is 11.5 Å². The SMILES string of the molecule is COc1ccc(Cc2cc([N+](=O)[O-])ccc2S(N)(=O)=O)c(OC)c1Cl. The van der Waals surface area contributed by atoms with Crippen molar-refractivity contribution in [1.82, 2.24) is 0 Å². The van der Waals surface area contributed by atoms with Crippen molar-refractivity contribution in [2.24, 2.45) is 5.14 Å². The first kappa shape index (κ1) is 19.0. The smallest absolute Gasteiger partial charge is 0.269 e. The second kappa shape index (κ2) is 7.26. The van der Waals surface area contributed by atoms with E-state index < -0.39 is 14.9 Å². The summed E-state index contributed by atoms with van der Waals surface area (Å²) in [5, 5.41) is 16.4. The minimum atomic E-state index is -4.06. The van der Waals surface area contributed by atoms with E-state index in [1.165, 1.54) is 14.2 Å². The molecule has 0 bridgehead atoms. The number of benzene rings is 2. The number of primary sulfonamides is 1. The number of rotatable bonds is 6. The fourth-order valence-electron chi connectivity index (χ4n) is 2.40. The van der Waals surface area contributed by atoms with Crippen LogP contribution in [0.25, 0.3) is 0 Å². The van der Waals surface area contributed by atoms with Crippen LogP contribution in [0, 0.1) is 10.1 Å². The Kier molecular flexibility index (Phi) is 5.51. The average molecular weight is 387 g/mol. The molecule has 134 valence electrons. The molecule has 8 nitrogen and oxygen atoms in total. The summed E-state index contributed by atoms with van der Waals surface area (Å²) in [5.41, 5.74) is 0.441. The van der Waals surface area contributed by atoms with Gasteiger partial charge in [-0.15, -0.1) is 0 Å². The third kappa shape index (κ3) is 4.01. The molecule has 25 heavy (non-hydrogen) atoms. The average Bonchev–Trinajstić information content (AvgIpc) is 2.54. The highest BCUT2D eigenvalue weighted by Gasteiger charge is 2.21. The molecule has 2 rings (SSSR count). The Hall–Kier alpha value is -2.36. The molecule has 0 saturated heterocycles. The highest BCUT2D eigenvalue weighted by molar-refractivity contribution is 7.89. The summed E-state index contributed by atoms with van der Waals surface area (Å²) < 4.78 is 33.9. The van der Waals surface area contributed by atoms with E-state index in [9.17, 15) is 18.5 Å². The highest BCUT2D eigenvalue weighted by atomic mass is 35.5. The van der Waals surface area contributed by atoms with Crippen LogP contribution in [-0.4, -0.2) is 27.6 Å². The summed E-state index contributed by atoms with van der Waals surface area (Å²) in [6.07, 6.45) is 0.0142. The standard InChI is InChI=1S/C15H15ClN2O6S/c1-23-12-5-3-9(15(24-2)14(12)16)7-10-8-11(18(19)20)4-6-13(10)25(17,21)22/h3-6,8H,7H2,1-2H3,(H2,17,21,22). The number of non-ortho nitro benzene ring substituents is 1. The molecular formula is C15H15ClN2O6S. The predicted molar refractivity (Wildman–Crippen MR) is 91.8 cm³/mol. The summed E-state index contributed by atoms with van der Waals surface area (Å²) in [4.78, 5) is 10.2. The van der Waals surface area contributed by atoms with Gasteiger partial charge in [0.15, 0.2) is 0 Å². The number of nitrogens with zero attached hydrogens (tertiary/aromatic N) is 1. The zero-order valence-corrected chi connectivity index (χ0v) is 14.9. The van der Waals surface area contributed by atoms with Crippen LogP contribution in [0.1, 0.15) is 11.1 Å². The van der Waals surface area contributed by atoms with E-state index in [0.717, 1.165) is 18.2 Å². The van der Waals surface area contributed by atoms with Gasteiger partial charge in [0.2, 0.25) is 10.0 Å². The summed E-state index contributed by atoms with van der Waals surface area (Å²) in [5.74, 6) is 0.667. The number of nitrogens with two attached hydrogens (primary N) is 1. The van der Waals surface area contributed by atoms with Crippen molar-refractivity contribution >= 4 is 27.3 Å². The quantitative estimate of drug-likeness (QED) is 0.601. The fraction of sp³-hybridized carbons (Fsp3) is 0.200. The van der Waals surface area contributed by atoms with Gasteiger partial charge in [-0.1, -0.05) is 17.7 Å². The number of halogens is 1. The van der Waals surface area contributed by atoms with E-state index in [0.29, 0.717) is 11.3 Å². The van der Waals surface area contributed by atoms with Gasteiger partial charge < -0.3 is 9.47 Å². The first-order valence-corrected chi connectivity index (χ1v) is 8.81. The maximum Gasteiger partial charge on any atom is 0.269 e. The van der Waals surface area contributed by atoms with E-state index >= 15 is 0 Å². The Balaban J connectivity index is 2.62. The lowest BCUT2D eigenvalue weighted by Gasteiger charge is -2.14. The maximum atomic E-state index is 11.8. The van der Waals surface area contributed by atoms with Gasteiger partial charge in [0.1, 0.15) is 16.5 Å². The molecule has 0 unspecified atom stereocenters. The Morgan fingerprint density at radius 3 is 2.36 bits per heavy atom. The van der Waals surface area contributed by atoms with Crippen LogP contribution in [0.15, 0.2) is 35.2 Å². The molecule has 0 aromatic heterocycles.